The van der Waals surface area contributed by atoms with Gasteiger partial charge >= 0.3 is 0 Å². The van der Waals surface area contributed by atoms with Crippen LogP contribution in [0.2, 0.25) is 10.0 Å². The molecule has 0 saturated carbocycles. The molecule has 0 radical (unpaired) electrons. The quantitative estimate of drug-likeness (QED) is 0.451. The van der Waals surface area contributed by atoms with Gasteiger partial charge in [0.1, 0.15) is 15.8 Å². The van der Waals surface area contributed by atoms with Gasteiger partial charge in [0.15, 0.2) is 0 Å². The van der Waals surface area contributed by atoms with Crippen LogP contribution in [0.25, 0.3) is 15.9 Å². The summed E-state index contributed by atoms with van der Waals surface area (Å²) in [5.74, 6) is 0. The summed E-state index contributed by atoms with van der Waals surface area (Å²) in [7, 11) is 0. The maximum atomic E-state index is 12.5. The van der Waals surface area contributed by atoms with Crippen LogP contribution >= 0.6 is 34.5 Å². The lowest BCUT2D eigenvalue weighted by Crippen LogP contribution is -2.16. The number of hydrogen-bond donors (Lipinski definition) is 1. The van der Waals surface area contributed by atoms with Gasteiger partial charge in [-0.15, -0.1) is 11.3 Å². The van der Waals surface area contributed by atoms with Crippen LogP contribution in [0, 0.1) is 11.3 Å². The molecule has 7 heteroatoms. The predicted octanol–water partition coefficient (Wildman–Crippen LogP) is 5.97. The Balaban J connectivity index is 1.94. The summed E-state index contributed by atoms with van der Waals surface area (Å²) in [4.78, 5) is 13.7. The van der Waals surface area contributed by atoms with Gasteiger partial charge in [0, 0.05) is 27.2 Å². The number of fused-ring (bicyclic) bond motifs is 1. The van der Waals surface area contributed by atoms with Crippen LogP contribution in [0.1, 0.15) is 4.88 Å². The van der Waals surface area contributed by atoms with E-state index >= 15 is 0 Å². The molecule has 4 aromatic rings. The van der Waals surface area contributed by atoms with E-state index in [1.54, 1.807) is 28.8 Å². The number of hydrogen-bond acceptors (Lipinski definition) is 4. The first-order valence-corrected chi connectivity index (χ1v) is 9.51. The first-order valence-electron chi connectivity index (χ1n) is 7.94. The molecular weight excluding hydrogens is 401 g/mol. The summed E-state index contributed by atoms with van der Waals surface area (Å²) in [5.41, 5.74) is 1.88. The van der Waals surface area contributed by atoms with E-state index in [-0.39, 0.29) is 5.56 Å². The Kier molecular flexibility index (Phi) is 4.63. The number of anilines is 2. The van der Waals surface area contributed by atoms with Crippen molar-refractivity contribution in [2.45, 2.75) is 0 Å². The highest BCUT2D eigenvalue weighted by Crippen LogP contribution is 2.38. The van der Waals surface area contributed by atoms with Crippen molar-refractivity contribution < 1.29 is 0 Å². The molecule has 27 heavy (non-hydrogen) atoms. The minimum atomic E-state index is -0.156. The van der Waals surface area contributed by atoms with Crippen LogP contribution in [-0.2, 0) is 0 Å². The average Bonchev–Trinajstić information content (AvgIpc) is 2.99. The molecule has 0 spiro atoms. The van der Waals surface area contributed by atoms with Crippen molar-refractivity contribution in [3.63, 3.8) is 0 Å². The number of thiophene rings is 1. The van der Waals surface area contributed by atoms with Crippen molar-refractivity contribution in [3.8, 4) is 11.8 Å². The monoisotopic (exact) mass is 411 g/mol. The number of nitriles is 1. The minimum absolute atomic E-state index is 0.156. The number of nitrogens with zero attached hydrogens (tertiary/aromatic N) is 2. The SMILES string of the molecule is N#Cc1sc2c(ccc(=O)n2-c2ccccc2)c1Nc1cc(Cl)cc(Cl)c1. The van der Waals surface area contributed by atoms with Crippen LogP contribution in [0.3, 0.4) is 0 Å². The van der Waals surface area contributed by atoms with Crippen molar-refractivity contribution in [2.24, 2.45) is 0 Å². The van der Waals surface area contributed by atoms with Gasteiger partial charge in [-0.25, -0.2) is 0 Å². The number of pyridine rings is 1. The fraction of sp³-hybridized carbons (Fsp3) is 0. The molecule has 0 amide bonds. The molecule has 0 bridgehead atoms. The summed E-state index contributed by atoms with van der Waals surface area (Å²) < 4.78 is 1.61. The molecule has 2 aromatic carbocycles. The van der Waals surface area contributed by atoms with Crippen LogP contribution in [0.15, 0.2) is 65.5 Å². The average molecular weight is 412 g/mol. The first-order chi connectivity index (χ1) is 13.1. The van der Waals surface area contributed by atoms with E-state index < -0.39 is 0 Å². The second kappa shape index (κ2) is 7.09. The molecule has 0 aliphatic rings. The van der Waals surface area contributed by atoms with Gasteiger partial charge in [0.05, 0.1) is 11.4 Å². The highest BCUT2D eigenvalue weighted by Gasteiger charge is 2.17. The van der Waals surface area contributed by atoms with Crippen LogP contribution < -0.4 is 10.9 Å². The van der Waals surface area contributed by atoms with Crippen molar-refractivity contribution in [1.29, 1.82) is 5.26 Å². The number of nitrogens with one attached hydrogen (secondary N) is 1. The summed E-state index contributed by atoms with van der Waals surface area (Å²) in [6.45, 7) is 0. The van der Waals surface area contributed by atoms with E-state index in [1.165, 1.54) is 17.4 Å². The minimum Gasteiger partial charge on any atom is -0.353 e. The van der Waals surface area contributed by atoms with Gasteiger partial charge in [-0.05, 0) is 36.4 Å². The van der Waals surface area contributed by atoms with E-state index in [1.807, 2.05) is 30.3 Å². The van der Waals surface area contributed by atoms with Crippen LogP contribution in [0.4, 0.5) is 11.4 Å². The Hall–Kier alpha value is -2.78. The first kappa shape index (κ1) is 17.6. The van der Waals surface area contributed by atoms with Gasteiger partial charge < -0.3 is 5.32 Å². The molecule has 0 saturated heterocycles. The highest BCUT2D eigenvalue weighted by molar-refractivity contribution is 7.20. The topological polar surface area (TPSA) is 57.8 Å². The summed E-state index contributed by atoms with van der Waals surface area (Å²) in [6, 6.07) is 19.9. The summed E-state index contributed by atoms with van der Waals surface area (Å²) in [6.07, 6.45) is 0. The molecule has 0 unspecified atom stereocenters. The third-order valence-corrected chi connectivity index (χ3v) is 5.52. The lowest BCUT2D eigenvalue weighted by Gasteiger charge is -2.09. The van der Waals surface area contributed by atoms with Crippen molar-refractivity contribution in [1.82, 2.24) is 4.57 Å². The van der Waals surface area contributed by atoms with Gasteiger partial charge in [-0.2, -0.15) is 5.26 Å². The van der Waals surface area contributed by atoms with Crippen molar-refractivity contribution in [2.75, 3.05) is 5.32 Å². The Labute approximate surface area is 168 Å². The molecule has 4 rings (SSSR count). The van der Waals surface area contributed by atoms with Crippen molar-refractivity contribution >= 4 is 56.1 Å². The highest BCUT2D eigenvalue weighted by atomic mass is 35.5. The second-order valence-electron chi connectivity index (χ2n) is 5.76. The van der Waals surface area contributed by atoms with Crippen LogP contribution in [0.5, 0.6) is 0 Å². The molecule has 4 nitrogen and oxygen atoms in total. The van der Waals surface area contributed by atoms with Gasteiger partial charge in [-0.1, -0.05) is 41.4 Å². The zero-order chi connectivity index (χ0) is 19.0. The molecule has 0 atom stereocenters. The van der Waals surface area contributed by atoms with Gasteiger partial charge in [0.25, 0.3) is 5.56 Å². The van der Waals surface area contributed by atoms with Crippen LogP contribution in [-0.4, -0.2) is 4.57 Å². The summed E-state index contributed by atoms with van der Waals surface area (Å²) in [5, 5.41) is 14.6. The normalized spacial score (nSPS) is 10.7. The Morgan fingerprint density at radius 1 is 1.00 bits per heavy atom. The Morgan fingerprint density at radius 2 is 1.70 bits per heavy atom. The maximum absolute atomic E-state index is 12.5. The van der Waals surface area contributed by atoms with E-state index in [0.29, 0.717) is 31.1 Å². The zero-order valence-corrected chi connectivity index (χ0v) is 16.1. The number of halogens is 2. The second-order valence-corrected chi connectivity index (χ2v) is 7.63. The lowest BCUT2D eigenvalue weighted by molar-refractivity contribution is 1.06. The van der Waals surface area contributed by atoms with Gasteiger partial charge in [0.2, 0.25) is 0 Å². The molecule has 132 valence electrons. The van der Waals surface area contributed by atoms with Gasteiger partial charge in [-0.3, -0.25) is 9.36 Å². The largest absolute Gasteiger partial charge is 0.353 e. The number of aromatic nitrogens is 1. The smallest absolute Gasteiger partial charge is 0.256 e. The molecule has 2 aromatic heterocycles. The number of rotatable bonds is 3. The lowest BCUT2D eigenvalue weighted by atomic mass is 10.2. The standard InChI is InChI=1S/C20H11Cl2N3OS/c21-12-8-13(22)10-14(9-12)24-19-16-6-7-18(26)25(15-4-2-1-3-5-15)20(16)27-17(19)11-23/h1-10,24H. The third-order valence-electron chi connectivity index (χ3n) is 3.99. The molecule has 0 aliphatic carbocycles. The van der Waals surface area contributed by atoms with E-state index in [2.05, 4.69) is 11.4 Å². The van der Waals surface area contributed by atoms with E-state index in [9.17, 15) is 10.1 Å². The molecular formula is C20H11Cl2N3OS. The molecule has 2 heterocycles. The Bertz CT molecular complexity index is 1240. The van der Waals surface area contributed by atoms with E-state index in [4.69, 9.17) is 23.2 Å². The van der Waals surface area contributed by atoms with E-state index in [0.717, 1.165) is 11.1 Å². The zero-order valence-electron chi connectivity index (χ0n) is 13.7. The fourth-order valence-electron chi connectivity index (χ4n) is 2.88. The number of para-hydroxylation sites is 1. The molecule has 1 N–H and O–H groups in total. The fourth-order valence-corrected chi connectivity index (χ4v) is 4.47. The van der Waals surface area contributed by atoms with Crippen molar-refractivity contribution in [3.05, 3.63) is 85.9 Å². The third kappa shape index (κ3) is 3.31. The molecule has 0 fully saturated rings. The maximum Gasteiger partial charge on any atom is 0.256 e. The number of benzene rings is 2. The predicted molar refractivity (Wildman–Crippen MR) is 112 cm³/mol. The Morgan fingerprint density at radius 3 is 2.37 bits per heavy atom. The summed E-state index contributed by atoms with van der Waals surface area (Å²) >= 11 is 13.4. The molecule has 0 aliphatic heterocycles.